The van der Waals surface area contributed by atoms with Crippen LogP contribution in [0, 0.1) is 6.92 Å². The average Bonchev–Trinajstić information content (AvgIpc) is 1.31. The minimum Gasteiger partial charge on any atom is -0.380 e. The summed E-state index contributed by atoms with van der Waals surface area (Å²) in [6.45, 7) is 2.70. The molecule has 0 rings (SSSR count). The molecule has 0 saturated heterocycles. The molecule has 0 aliphatic rings. The van der Waals surface area contributed by atoms with Gasteiger partial charge in [0.25, 0.3) is 0 Å². The highest BCUT2D eigenvalue weighted by Crippen LogP contribution is 2.38. The van der Waals surface area contributed by atoms with Crippen LogP contribution in [0.5, 0.6) is 0 Å². The molecule has 0 saturated carbocycles. The molecule has 1 unspecified atom stereocenters. The van der Waals surface area contributed by atoms with Gasteiger partial charge in [-0.1, -0.05) is 0 Å². The fourth-order valence-corrected chi connectivity index (χ4v) is 0. The van der Waals surface area contributed by atoms with E-state index in [1.807, 2.05) is 0 Å². The molecule has 0 aliphatic carbocycles. The first-order valence-electron chi connectivity index (χ1n) is 1.51. The first-order chi connectivity index (χ1) is 2.94. The van der Waals surface area contributed by atoms with Crippen molar-refractivity contribution in [2.75, 3.05) is 0 Å². The molecule has 7 heavy (non-hydrogen) atoms. The zero-order valence-electron chi connectivity index (χ0n) is 3.48. The van der Waals surface area contributed by atoms with Crippen molar-refractivity contribution in [2.24, 2.45) is 0 Å². The third-order valence-corrected chi connectivity index (χ3v) is 1.16. The molecule has 5 heteroatoms. The Morgan fingerprint density at radius 3 is 1.71 bits per heavy atom. The van der Waals surface area contributed by atoms with E-state index in [2.05, 4.69) is 6.92 Å². The van der Waals surface area contributed by atoms with E-state index in [0.717, 1.165) is 0 Å². The maximum absolute atomic E-state index is 9.71. The first-order valence-corrected chi connectivity index (χ1v) is 3.19. The number of hydrogen-bond donors (Lipinski definition) is 3. The summed E-state index contributed by atoms with van der Waals surface area (Å²) in [6, 6.07) is 0. The number of aliphatic hydroxyl groups is 1. The van der Waals surface area contributed by atoms with Gasteiger partial charge < -0.3 is 14.9 Å². The molecule has 0 amide bonds. The van der Waals surface area contributed by atoms with Gasteiger partial charge in [-0.2, -0.15) is 0 Å². The quantitative estimate of drug-likeness (QED) is 0.405. The lowest BCUT2D eigenvalue weighted by Gasteiger charge is -2.03. The molecule has 3 N–H and O–H groups in total. The standard InChI is InChI=1S/C2H6O4P/c1-2(3)7(4,5)6/h2-3H,1H2,(H2,4,5,6). The second-order valence-corrected chi connectivity index (χ2v) is 2.84. The molecule has 0 heterocycles. The Bertz CT molecular complexity index is 91.9. The van der Waals surface area contributed by atoms with Gasteiger partial charge in [0.1, 0.15) is 0 Å². The van der Waals surface area contributed by atoms with E-state index in [1.165, 1.54) is 0 Å². The summed E-state index contributed by atoms with van der Waals surface area (Å²) in [7, 11) is -4.29. The second-order valence-electron chi connectivity index (χ2n) is 1.07. The van der Waals surface area contributed by atoms with Gasteiger partial charge >= 0.3 is 7.60 Å². The van der Waals surface area contributed by atoms with Crippen molar-refractivity contribution in [3.63, 3.8) is 0 Å². The van der Waals surface area contributed by atoms with Gasteiger partial charge in [0, 0.05) is 0 Å². The van der Waals surface area contributed by atoms with E-state index in [1.54, 1.807) is 0 Å². The molecule has 4 nitrogen and oxygen atoms in total. The van der Waals surface area contributed by atoms with Crippen molar-refractivity contribution >= 4 is 7.60 Å². The summed E-state index contributed by atoms with van der Waals surface area (Å²) < 4.78 is 9.71. The Hall–Kier alpha value is 0.110. The molecule has 0 aromatic carbocycles. The molecule has 0 fully saturated rings. The molecular weight excluding hydrogens is 119 g/mol. The predicted molar refractivity (Wildman–Crippen MR) is 23.4 cm³/mol. The zero-order valence-corrected chi connectivity index (χ0v) is 4.38. The zero-order chi connectivity index (χ0) is 6.08. The predicted octanol–water partition coefficient (Wildman–Crippen LogP) is -0.683. The summed E-state index contributed by atoms with van der Waals surface area (Å²) in [4.78, 5) is 15.8. The van der Waals surface area contributed by atoms with E-state index in [0.29, 0.717) is 0 Å². The largest absolute Gasteiger partial charge is 0.380 e. The monoisotopic (exact) mass is 125 g/mol. The Morgan fingerprint density at radius 2 is 1.71 bits per heavy atom. The molecule has 0 aliphatic heterocycles. The highest BCUT2D eigenvalue weighted by Gasteiger charge is 2.19. The minimum atomic E-state index is -4.29. The van der Waals surface area contributed by atoms with Gasteiger partial charge in [-0.15, -0.1) is 0 Å². The van der Waals surface area contributed by atoms with Crippen LogP contribution in [0.4, 0.5) is 0 Å². The summed E-state index contributed by atoms with van der Waals surface area (Å²) in [5.41, 5.74) is 0. The third kappa shape index (κ3) is 2.76. The topological polar surface area (TPSA) is 77.8 Å². The second kappa shape index (κ2) is 1.92. The van der Waals surface area contributed by atoms with Gasteiger partial charge in [-0.25, -0.2) is 0 Å². The molecule has 1 radical (unpaired) electrons. The maximum Gasteiger partial charge on any atom is 0.353 e. The van der Waals surface area contributed by atoms with Crippen LogP contribution >= 0.6 is 7.60 Å². The first kappa shape index (κ1) is 7.11. The van der Waals surface area contributed by atoms with Crippen LogP contribution < -0.4 is 0 Å². The number of rotatable bonds is 1. The average molecular weight is 125 g/mol. The lowest BCUT2D eigenvalue weighted by atomic mass is 10.9. The normalized spacial score (nSPS) is 16.6. The van der Waals surface area contributed by atoms with E-state index < -0.39 is 13.4 Å². The van der Waals surface area contributed by atoms with E-state index >= 15 is 0 Å². The van der Waals surface area contributed by atoms with Crippen molar-refractivity contribution < 1.29 is 19.5 Å². The minimum absolute atomic E-state index is 1.78. The van der Waals surface area contributed by atoms with Crippen LogP contribution in [-0.4, -0.2) is 20.7 Å². The molecule has 1 atom stereocenters. The fraction of sp³-hybridized carbons (Fsp3) is 0.500. The SMILES string of the molecule is [CH2]C(O)P(=O)(O)O. The van der Waals surface area contributed by atoms with Gasteiger partial charge in [0.15, 0.2) is 5.85 Å². The molecule has 43 valence electrons. The number of aliphatic hydroxyl groups excluding tert-OH is 1. The Balaban J connectivity index is 3.80. The molecule has 0 bridgehead atoms. The molecule has 0 aromatic heterocycles. The Morgan fingerprint density at radius 1 is 1.57 bits per heavy atom. The van der Waals surface area contributed by atoms with Crippen LogP contribution in [-0.2, 0) is 4.57 Å². The summed E-state index contributed by atoms with van der Waals surface area (Å²) >= 11 is 0. The maximum atomic E-state index is 9.71. The summed E-state index contributed by atoms with van der Waals surface area (Å²) in [5, 5.41) is 8.01. The van der Waals surface area contributed by atoms with Crippen LogP contribution in [0.1, 0.15) is 0 Å². The number of hydrogen-bond acceptors (Lipinski definition) is 2. The van der Waals surface area contributed by atoms with Crippen molar-refractivity contribution in [3.8, 4) is 0 Å². The van der Waals surface area contributed by atoms with Crippen molar-refractivity contribution in [3.05, 3.63) is 6.92 Å². The highest BCUT2D eigenvalue weighted by atomic mass is 31.2. The Kier molecular flexibility index (Phi) is 1.95. The fourth-order valence-electron chi connectivity index (χ4n) is 0. The van der Waals surface area contributed by atoms with Gasteiger partial charge in [-0.05, 0) is 6.92 Å². The van der Waals surface area contributed by atoms with Crippen molar-refractivity contribution in [1.82, 2.24) is 0 Å². The van der Waals surface area contributed by atoms with Crippen molar-refractivity contribution in [1.29, 1.82) is 0 Å². The Labute approximate surface area is 40.9 Å². The van der Waals surface area contributed by atoms with E-state index in [4.69, 9.17) is 14.9 Å². The van der Waals surface area contributed by atoms with Crippen LogP contribution in [0.15, 0.2) is 0 Å². The van der Waals surface area contributed by atoms with Crippen molar-refractivity contribution in [2.45, 2.75) is 5.85 Å². The lowest BCUT2D eigenvalue weighted by molar-refractivity contribution is 0.236. The highest BCUT2D eigenvalue weighted by molar-refractivity contribution is 7.52. The lowest BCUT2D eigenvalue weighted by Crippen LogP contribution is -1.99. The molecular formula is C2H6O4P. The van der Waals surface area contributed by atoms with E-state index in [9.17, 15) is 4.57 Å². The van der Waals surface area contributed by atoms with Crippen LogP contribution in [0.25, 0.3) is 0 Å². The molecule has 0 spiro atoms. The summed E-state index contributed by atoms with van der Waals surface area (Å²) in [6.07, 6.45) is 0. The van der Waals surface area contributed by atoms with E-state index in [-0.39, 0.29) is 0 Å². The van der Waals surface area contributed by atoms with Crippen LogP contribution in [0.3, 0.4) is 0 Å². The van der Waals surface area contributed by atoms with Gasteiger partial charge in [0.05, 0.1) is 0 Å². The summed E-state index contributed by atoms with van der Waals surface area (Å²) in [5.74, 6) is -1.78. The van der Waals surface area contributed by atoms with Crippen LogP contribution in [0.2, 0.25) is 0 Å². The van der Waals surface area contributed by atoms with Gasteiger partial charge in [-0.3, -0.25) is 4.57 Å². The third-order valence-electron chi connectivity index (χ3n) is 0.388. The van der Waals surface area contributed by atoms with Gasteiger partial charge in [0.2, 0.25) is 0 Å². The smallest absolute Gasteiger partial charge is 0.353 e. The molecule has 0 aromatic rings.